The van der Waals surface area contributed by atoms with Crippen LogP contribution in [0, 0.1) is 13.8 Å². The van der Waals surface area contributed by atoms with Crippen molar-refractivity contribution in [3.8, 4) is 33.8 Å². The lowest BCUT2D eigenvalue weighted by molar-refractivity contribution is 1.13. The van der Waals surface area contributed by atoms with Gasteiger partial charge in [-0.3, -0.25) is 0 Å². The molecule has 0 aliphatic rings. The van der Waals surface area contributed by atoms with E-state index in [1.165, 1.54) is 5.56 Å². The van der Waals surface area contributed by atoms with E-state index in [1.54, 1.807) is 0 Å². The third kappa shape index (κ3) is 3.02. The zero-order valence-electron chi connectivity index (χ0n) is 15.0. The fourth-order valence-corrected chi connectivity index (χ4v) is 3.21. The molecule has 0 saturated carbocycles. The zero-order valence-corrected chi connectivity index (χ0v) is 15.0. The summed E-state index contributed by atoms with van der Waals surface area (Å²) >= 11 is 0. The highest BCUT2D eigenvalue weighted by Crippen LogP contribution is 2.34. The number of aromatic nitrogens is 2. The van der Waals surface area contributed by atoms with Gasteiger partial charge in [-0.15, -0.1) is 0 Å². The van der Waals surface area contributed by atoms with Crippen molar-refractivity contribution in [1.29, 1.82) is 0 Å². The highest BCUT2D eigenvalue weighted by Gasteiger charge is 2.16. The molecule has 4 rings (SSSR count). The highest BCUT2D eigenvalue weighted by molar-refractivity contribution is 5.81. The van der Waals surface area contributed by atoms with Crippen LogP contribution < -0.4 is 0 Å². The minimum absolute atomic E-state index is 0.921. The topological polar surface area (TPSA) is 25.8 Å². The molecule has 0 bridgehead atoms. The molecule has 0 saturated heterocycles. The minimum atomic E-state index is 0.921. The second-order valence-electron chi connectivity index (χ2n) is 6.40. The first kappa shape index (κ1) is 16.2. The third-order valence-corrected chi connectivity index (χ3v) is 4.56. The number of rotatable bonds is 3. The van der Waals surface area contributed by atoms with Gasteiger partial charge in [-0.05, 0) is 19.4 Å². The Labute approximate surface area is 154 Å². The van der Waals surface area contributed by atoms with E-state index in [4.69, 9.17) is 9.97 Å². The summed E-state index contributed by atoms with van der Waals surface area (Å²) in [6.45, 7) is 4.15. The van der Waals surface area contributed by atoms with Crippen molar-refractivity contribution in [1.82, 2.24) is 9.97 Å². The quantitative estimate of drug-likeness (QED) is 0.452. The van der Waals surface area contributed by atoms with Gasteiger partial charge in [0.05, 0.1) is 22.8 Å². The van der Waals surface area contributed by atoms with E-state index in [9.17, 15) is 0 Å². The maximum absolute atomic E-state index is 5.07. The molecule has 2 heteroatoms. The Balaban J connectivity index is 2.00. The fourth-order valence-electron chi connectivity index (χ4n) is 3.21. The normalized spacial score (nSPS) is 10.7. The van der Waals surface area contributed by atoms with Crippen molar-refractivity contribution < 1.29 is 0 Å². The summed E-state index contributed by atoms with van der Waals surface area (Å²) in [5.41, 5.74) is 8.22. The molecule has 4 aromatic rings. The molecule has 26 heavy (non-hydrogen) atoms. The number of hydrogen-bond acceptors (Lipinski definition) is 2. The van der Waals surface area contributed by atoms with E-state index in [1.807, 2.05) is 43.3 Å². The largest absolute Gasteiger partial charge is 0.249 e. The standard InChI is InChI=1S/C24H20N2/c1-17-11-9-10-16-21(17)24-23(20-14-7-4-8-15-20)26-22(18(2)25-24)19-12-5-3-6-13-19/h3-16H,1-2H3. The van der Waals surface area contributed by atoms with Crippen LogP contribution in [-0.2, 0) is 0 Å². The first-order chi connectivity index (χ1) is 12.7. The lowest BCUT2D eigenvalue weighted by atomic mass is 9.99. The molecule has 0 radical (unpaired) electrons. The molecule has 1 heterocycles. The first-order valence-electron chi connectivity index (χ1n) is 8.79. The number of hydrogen-bond donors (Lipinski definition) is 0. The lowest BCUT2D eigenvalue weighted by Crippen LogP contribution is -2.01. The van der Waals surface area contributed by atoms with E-state index < -0.39 is 0 Å². The van der Waals surface area contributed by atoms with Crippen molar-refractivity contribution in [2.45, 2.75) is 13.8 Å². The molecule has 0 fully saturated rings. The molecule has 0 amide bonds. The van der Waals surface area contributed by atoms with Crippen molar-refractivity contribution >= 4 is 0 Å². The van der Waals surface area contributed by atoms with Crippen LogP contribution in [0.5, 0.6) is 0 Å². The Kier molecular flexibility index (Phi) is 4.32. The highest BCUT2D eigenvalue weighted by atomic mass is 14.8. The minimum Gasteiger partial charge on any atom is -0.249 e. The Morgan fingerprint density at radius 1 is 0.500 bits per heavy atom. The summed E-state index contributed by atoms with van der Waals surface area (Å²) < 4.78 is 0. The SMILES string of the molecule is Cc1ccccc1-c1nc(C)c(-c2ccccc2)nc1-c1ccccc1. The van der Waals surface area contributed by atoms with Crippen LogP contribution in [0.25, 0.3) is 33.8 Å². The molecule has 1 aromatic heterocycles. The van der Waals surface area contributed by atoms with E-state index >= 15 is 0 Å². The average Bonchev–Trinajstić information content (AvgIpc) is 2.69. The van der Waals surface area contributed by atoms with Crippen molar-refractivity contribution in [2.75, 3.05) is 0 Å². The van der Waals surface area contributed by atoms with Crippen molar-refractivity contribution in [3.05, 3.63) is 96.2 Å². The van der Waals surface area contributed by atoms with E-state index in [2.05, 4.69) is 55.5 Å². The van der Waals surface area contributed by atoms with Crippen LogP contribution in [0.2, 0.25) is 0 Å². The van der Waals surface area contributed by atoms with Gasteiger partial charge in [0.15, 0.2) is 0 Å². The summed E-state index contributed by atoms with van der Waals surface area (Å²) in [6.07, 6.45) is 0. The second kappa shape index (κ2) is 6.93. The number of nitrogens with zero attached hydrogens (tertiary/aromatic N) is 2. The Hall–Kier alpha value is -3.26. The van der Waals surface area contributed by atoms with Crippen LogP contribution in [-0.4, -0.2) is 9.97 Å². The molecule has 2 nitrogen and oxygen atoms in total. The van der Waals surface area contributed by atoms with Crippen LogP contribution in [0.3, 0.4) is 0 Å². The van der Waals surface area contributed by atoms with Gasteiger partial charge in [0.25, 0.3) is 0 Å². The fraction of sp³-hybridized carbons (Fsp3) is 0.0833. The monoisotopic (exact) mass is 336 g/mol. The predicted molar refractivity (Wildman–Crippen MR) is 108 cm³/mol. The molecule has 0 aliphatic heterocycles. The van der Waals surface area contributed by atoms with Crippen LogP contribution in [0.15, 0.2) is 84.9 Å². The maximum atomic E-state index is 5.07. The lowest BCUT2D eigenvalue weighted by Gasteiger charge is -2.15. The predicted octanol–water partition coefficient (Wildman–Crippen LogP) is 6.09. The van der Waals surface area contributed by atoms with Crippen molar-refractivity contribution in [2.24, 2.45) is 0 Å². The molecule has 0 spiro atoms. The molecule has 3 aromatic carbocycles. The van der Waals surface area contributed by atoms with E-state index in [0.29, 0.717) is 0 Å². The summed E-state index contributed by atoms with van der Waals surface area (Å²) in [5.74, 6) is 0. The second-order valence-corrected chi connectivity index (χ2v) is 6.40. The Bertz CT molecular complexity index is 1040. The molecule has 0 unspecified atom stereocenters. The summed E-state index contributed by atoms with van der Waals surface area (Å²) in [7, 11) is 0. The smallest absolute Gasteiger partial charge is 0.0973 e. The third-order valence-electron chi connectivity index (χ3n) is 4.56. The molecule has 0 atom stereocenters. The number of benzene rings is 3. The van der Waals surface area contributed by atoms with Crippen LogP contribution >= 0.6 is 0 Å². The zero-order chi connectivity index (χ0) is 17.9. The van der Waals surface area contributed by atoms with Gasteiger partial charge in [0.2, 0.25) is 0 Å². The first-order valence-corrected chi connectivity index (χ1v) is 8.79. The maximum Gasteiger partial charge on any atom is 0.0973 e. The summed E-state index contributed by atoms with van der Waals surface area (Å²) in [4.78, 5) is 10.1. The van der Waals surface area contributed by atoms with E-state index in [0.717, 1.165) is 39.5 Å². The number of aryl methyl sites for hydroxylation is 2. The van der Waals surface area contributed by atoms with Gasteiger partial charge < -0.3 is 0 Å². The van der Waals surface area contributed by atoms with Gasteiger partial charge in [0, 0.05) is 16.7 Å². The Morgan fingerprint density at radius 3 is 1.65 bits per heavy atom. The van der Waals surface area contributed by atoms with Gasteiger partial charge in [-0.25, -0.2) is 9.97 Å². The molecule has 126 valence electrons. The summed E-state index contributed by atoms with van der Waals surface area (Å²) in [5, 5.41) is 0. The average molecular weight is 336 g/mol. The molecular formula is C24H20N2. The summed E-state index contributed by atoms with van der Waals surface area (Å²) in [6, 6.07) is 28.9. The molecule has 0 N–H and O–H groups in total. The molecule has 0 aliphatic carbocycles. The molecular weight excluding hydrogens is 316 g/mol. The van der Waals surface area contributed by atoms with Crippen LogP contribution in [0.1, 0.15) is 11.3 Å². The van der Waals surface area contributed by atoms with Gasteiger partial charge in [-0.2, -0.15) is 0 Å². The van der Waals surface area contributed by atoms with Gasteiger partial charge >= 0.3 is 0 Å². The van der Waals surface area contributed by atoms with Crippen molar-refractivity contribution in [3.63, 3.8) is 0 Å². The van der Waals surface area contributed by atoms with Gasteiger partial charge in [-0.1, -0.05) is 84.9 Å². The van der Waals surface area contributed by atoms with Crippen LogP contribution in [0.4, 0.5) is 0 Å². The van der Waals surface area contributed by atoms with Gasteiger partial charge in [0.1, 0.15) is 0 Å². The van der Waals surface area contributed by atoms with E-state index in [-0.39, 0.29) is 0 Å². The Morgan fingerprint density at radius 2 is 1.04 bits per heavy atom.